The van der Waals surface area contributed by atoms with Crippen LogP contribution in [0, 0.1) is 13.8 Å². The molecule has 1 heterocycles. The molecule has 1 aromatic heterocycles. The van der Waals surface area contributed by atoms with Crippen LogP contribution in [0.25, 0.3) is 0 Å². The van der Waals surface area contributed by atoms with E-state index in [1.807, 2.05) is 26.1 Å². The van der Waals surface area contributed by atoms with Gasteiger partial charge in [-0.2, -0.15) is 0 Å². The van der Waals surface area contributed by atoms with Crippen LogP contribution in [-0.2, 0) is 16.4 Å². The van der Waals surface area contributed by atoms with E-state index in [-0.39, 0.29) is 5.75 Å². The van der Waals surface area contributed by atoms with Gasteiger partial charge in [-0.1, -0.05) is 6.07 Å². The first-order valence-corrected chi connectivity index (χ1v) is 8.15. The summed E-state index contributed by atoms with van der Waals surface area (Å²) < 4.78 is 26.1. The minimum absolute atomic E-state index is 0.0646. The fourth-order valence-corrected chi connectivity index (χ4v) is 2.74. The number of aromatic amines is 1. The van der Waals surface area contributed by atoms with Gasteiger partial charge in [0.2, 0.25) is 10.0 Å². The Morgan fingerprint density at radius 1 is 1.30 bits per heavy atom. The summed E-state index contributed by atoms with van der Waals surface area (Å²) >= 11 is 0. The average Bonchev–Trinajstić information content (AvgIpc) is 2.87. The van der Waals surface area contributed by atoms with Crippen LogP contribution in [0.5, 0.6) is 0 Å². The SMILES string of the molecule is CCS(=O)(=O)Nc1cc(C)cc(Cc2c[nH]cn2)c1C. The standard InChI is InChI=1S/C14H19N3O2S/c1-4-20(18,19)17-14-6-10(2)5-12(11(14)3)7-13-8-15-9-16-13/h5-6,8-9,17H,4,7H2,1-3H3,(H,15,16). The van der Waals surface area contributed by atoms with Gasteiger partial charge in [0.25, 0.3) is 0 Å². The van der Waals surface area contributed by atoms with Crippen molar-refractivity contribution in [1.82, 2.24) is 9.97 Å². The summed E-state index contributed by atoms with van der Waals surface area (Å²) in [5, 5.41) is 0. The monoisotopic (exact) mass is 293 g/mol. The Bertz CT molecular complexity index is 691. The quantitative estimate of drug-likeness (QED) is 0.888. The fraction of sp³-hybridized carbons (Fsp3) is 0.357. The molecule has 5 nitrogen and oxygen atoms in total. The lowest BCUT2D eigenvalue weighted by atomic mass is 10.00. The van der Waals surface area contributed by atoms with E-state index in [2.05, 4.69) is 20.8 Å². The highest BCUT2D eigenvalue weighted by Gasteiger charge is 2.12. The Morgan fingerprint density at radius 2 is 2.05 bits per heavy atom. The van der Waals surface area contributed by atoms with Crippen LogP contribution in [0.15, 0.2) is 24.7 Å². The number of nitrogens with zero attached hydrogens (tertiary/aromatic N) is 1. The van der Waals surface area contributed by atoms with Crippen LogP contribution in [0.3, 0.4) is 0 Å². The molecule has 0 aliphatic carbocycles. The van der Waals surface area contributed by atoms with Gasteiger partial charge in [-0.25, -0.2) is 13.4 Å². The molecule has 0 unspecified atom stereocenters. The molecule has 0 fully saturated rings. The van der Waals surface area contributed by atoms with Crippen molar-refractivity contribution in [1.29, 1.82) is 0 Å². The molecule has 20 heavy (non-hydrogen) atoms. The Labute approximate surface area is 119 Å². The fourth-order valence-electron chi connectivity index (χ4n) is 2.05. The minimum Gasteiger partial charge on any atom is -0.351 e. The molecule has 2 aromatic rings. The number of imidazole rings is 1. The van der Waals surface area contributed by atoms with Crippen LogP contribution in [0.2, 0.25) is 0 Å². The third-order valence-electron chi connectivity index (χ3n) is 3.23. The van der Waals surface area contributed by atoms with E-state index in [1.54, 1.807) is 13.3 Å². The number of benzene rings is 1. The maximum Gasteiger partial charge on any atom is 0.232 e. The van der Waals surface area contributed by atoms with Gasteiger partial charge < -0.3 is 4.98 Å². The van der Waals surface area contributed by atoms with Crippen molar-refractivity contribution < 1.29 is 8.42 Å². The molecule has 0 amide bonds. The van der Waals surface area contributed by atoms with Crippen LogP contribution < -0.4 is 4.72 Å². The van der Waals surface area contributed by atoms with Crippen molar-refractivity contribution in [2.24, 2.45) is 0 Å². The molecule has 2 rings (SSSR count). The second kappa shape index (κ2) is 5.66. The van der Waals surface area contributed by atoms with Crippen LogP contribution in [-0.4, -0.2) is 24.1 Å². The van der Waals surface area contributed by atoms with Crippen LogP contribution in [0.1, 0.15) is 29.3 Å². The van der Waals surface area contributed by atoms with Gasteiger partial charge in [-0.05, 0) is 43.5 Å². The summed E-state index contributed by atoms with van der Waals surface area (Å²) in [6.45, 7) is 5.50. The van der Waals surface area contributed by atoms with Gasteiger partial charge in [0, 0.05) is 12.6 Å². The van der Waals surface area contributed by atoms with Gasteiger partial charge in [0.05, 0.1) is 23.5 Å². The summed E-state index contributed by atoms with van der Waals surface area (Å²) in [7, 11) is -3.26. The van der Waals surface area contributed by atoms with Gasteiger partial charge in [-0.15, -0.1) is 0 Å². The van der Waals surface area contributed by atoms with Crippen molar-refractivity contribution in [2.75, 3.05) is 10.5 Å². The molecule has 0 aliphatic heterocycles. The second-order valence-electron chi connectivity index (χ2n) is 4.84. The zero-order valence-electron chi connectivity index (χ0n) is 11.9. The molecular weight excluding hydrogens is 274 g/mol. The molecule has 0 bridgehead atoms. The first kappa shape index (κ1) is 14.6. The van der Waals surface area contributed by atoms with Gasteiger partial charge in [0.15, 0.2) is 0 Å². The Hall–Kier alpha value is -1.82. The predicted octanol–water partition coefficient (Wildman–Crippen LogP) is 2.38. The maximum absolute atomic E-state index is 11.7. The minimum atomic E-state index is -3.26. The van der Waals surface area contributed by atoms with E-state index in [0.717, 1.165) is 22.4 Å². The number of hydrogen-bond donors (Lipinski definition) is 2. The molecule has 2 N–H and O–H groups in total. The van der Waals surface area contributed by atoms with Gasteiger partial charge in [-0.3, -0.25) is 4.72 Å². The first-order chi connectivity index (χ1) is 9.41. The third-order valence-corrected chi connectivity index (χ3v) is 4.52. The third kappa shape index (κ3) is 3.39. The zero-order valence-corrected chi connectivity index (χ0v) is 12.7. The number of anilines is 1. The Balaban J connectivity index is 2.37. The predicted molar refractivity (Wildman–Crippen MR) is 80.4 cm³/mol. The highest BCUT2D eigenvalue weighted by Crippen LogP contribution is 2.24. The Kier molecular flexibility index (Phi) is 4.13. The van der Waals surface area contributed by atoms with Crippen LogP contribution in [0.4, 0.5) is 5.69 Å². The molecule has 0 atom stereocenters. The van der Waals surface area contributed by atoms with Gasteiger partial charge in [0.1, 0.15) is 0 Å². The summed E-state index contributed by atoms with van der Waals surface area (Å²) in [5.74, 6) is 0.0646. The molecule has 1 aromatic carbocycles. The number of sulfonamides is 1. The molecule has 0 saturated heterocycles. The summed E-state index contributed by atoms with van der Waals surface area (Å²) in [6, 6.07) is 3.92. The lowest BCUT2D eigenvalue weighted by Gasteiger charge is -2.14. The number of aromatic nitrogens is 2. The van der Waals surface area contributed by atoms with Gasteiger partial charge >= 0.3 is 0 Å². The number of hydrogen-bond acceptors (Lipinski definition) is 3. The molecule has 6 heteroatoms. The van der Waals surface area contributed by atoms with Crippen molar-refractivity contribution in [2.45, 2.75) is 27.2 Å². The zero-order chi connectivity index (χ0) is 14.8. The van der Waals surface area contributed by atoms with Crippen molar-refractivity contribution >= 4 is 15.7 Å². The molecule has 0 aliphatic rings. The highest BCUT2D eigenvalue weighted by molar-refractivity contribution is 7.92. The lowest BCUT2D eigenvalue weighted by Crippen LogP contribution is -2.16. The lowest BCUT2D eigenvalue weighted by molar-refractivity contribution is 0.602. The van der Waals surface area contributed by atoms with Crippen LogP contribution >= 0.6 is 0 Å². The maximum atomic E-state index is 11.7. The molecule has 0 spiro atoms. The van der Waals surface area contributed by atoms with E-state index < -0.39 is 10.0 Å². The van der Waals surface area contributed by atoms with Crippen molar-refractivity contribution in [3.63, 3.8) is 0 Å². The smallest absolute Gasteiger partial charge is 0.232 e. The van der Waals surface area contributed by atoms with E-state index in [0.29, 0.717) is 12.1 Å². The van der Waals surface area contributed by atoms with E-state index in [4.69, 9.17) is 0 Å². The summed E-state index contributed by atoms with van der Waals surface area (Å²) in [5.41, 5.74) is 4.62. The number of nitrogens with one attached hydrogen (secondary N) is 2. The van der Waals surface area contributed by atoms with E-state index >= 15 is 0 Å². The highest BCUT2D eigenvalue weighted by atomic mass is 32.2. The topological polar surface area (TPSA) is 74.8 Å². The average molecular weight is 293 g/mol. The van der Waals surface area contributed by atoms with E-state index in [1.165, 1.54) is 0 Å². The van der Waals surface area contributed by atoms with Crippen molar-refractivity contribution in [3.05, 3.63) is 47.0 Å². The molecule has 0 radical (unpaired) electrons. The molecule has 108 valence electrons. The summed E-state index contributed by atoms with van der Waals surface area (Å²) in [4.78, 5) is 7.13. The number of H-pyrrole nitrogens is 1. The Morgan fingerprint density at radius 3 is 2.65 bits per heavy atom. The molecular formula is C14H19N3O2S. The van der Waals surface area contributed by atoms with Crippen molar-refractivity contribution in [3.8, 4) is 0 Å². The molecule has 0 saturated carbocycles. The largest absolute Gasteiger partial charge is 0.351 e. The first-order valence-electron chi connectivity index (χ1n) is 6.49. The normalized spacial score (nSPS) is 11.6. The number of rotatable bonds is 5. The summed E-state index contributed by atoms with van der Waals surface area (Å²) in [6.07, 6.45) is 4.16. The number of aryl methyl sites for hydroxylation is 1. The van der Waals surface area contributed by atoms with E-state index in [9.17, 15) is 8.42 Å². The second-order valence-corrected chi connectivity index (χ2v) is 6.85.